The maximum absolute atomic E-state index is 11.9. The second kappa shape index (κ2) is 6.27. The first-order valence-electron chi connectivity index (χ1n) is 7.17. The molecule has 4 heteroatoms. The van der Waals surface area contributed by atoms with E-state index in [0.717, 1.165) is 30.6 Å². The van der Waals surface area contributed by atoms with Crippen LogP contribution in [0.25, 0.3) is 0 Å². The summed E-state index contributed by atoms with van der Waals surface area (Å²) in [7, 11) is 0. The normalized spacial score (nSPS) is 16.4. The fraction of sp³-hybridized carbons (Fsp3) is 0.562. The molecule has 0 unspecified atom stereocenters. The number of aliphatic hydroxyl groups excluding tert-OH is 1. The van der Waals surface area contributed by atoms with Crippen molar-refractivity contribution in [3.63, 3.8) is 0 Å². The van der Waals surface area contributed by atoms with Gasteiger partial charge >= 0.3 is 0 Å². The van der Waals surface area contributed by atoms with Crippen LogP contribution in [-0.4, -0.2) is 29.8 Å². The lowest BCUT2D eigenvalue weighted by Crippen LogP contribution is -2.56. The zero-order valence-electron chi connectivity index (χ0n) is 12.2. The molecule has 0 saturated heterocycles. The Hall–Kier alpha value is -1.55. The van der Waals surface area contributed by atoms with Crippen molar-refractivity contribution in [1.29, 1.82) is 0 Å². The predicted octanol–water partition coefficient (Wildman–Crippen LogP) is 2.10. The van der Waals surface area contributed by atoms with Crippen molar-refractivity contribution in [3.8, 4) is 5.75 Å². The number of carbonyl (C=O) groups excluding carboxylic acids is 1. The van der Waals surface area contributed by atoms with Crippen LogP contribution >= 0.6 is 0 Å². The van der Waals surface area contributed by atoms with Gasteiger partial charge in [-0.1, -0.05) is 12.1 Å². The van der Waals surface area contributed by atoms with E-state index in [0.29, 0.717) is 13.0 Å². The molecular formula is C16H23NO3. The van der Waals surface area contributed by atoms with Crippen LogP contribution in [0.5, 0.6) is 5.75 Å². The molecule has 1 saturated carbocycles. The number of carbonyl (C=O) groups is 1. The molecule has 2 rings (SSSR count). The number of amides is 1. The van der Waals surface area contributed by atoms with Crippen LogP contribution in [0, 0.1) is 13.8 Å². The van der Waals surface area contributed by atoms with Crippen LogP contribution in [-0.2, 0) is 4.79 Å². The molecule has 110 valence electrons. The lowest BCUT2D eigenvalue weighted by atomic mass is 9.77. The van der Waals surface area contributed by atoms with Gasteiger partial charge in [-0.05, 0) is 50.3 Å². The molecule has 0 bridgehead atoms. The average molecular weight is 277 g/mol. The van der Waals surface area contributed by atoms with Gasteiger partial charge in [0.25, 0.3) is 0 Å². The fourth-order valence-electron chi connectivity index (χ4n) is 2.42. The Labute approximate surface area is 120 Å². The van der Waals surface area contributed by atoms with Gasteiger partial charge in [-0.25, -0.2) is 0 Å². The first-order chi connectivity index (χ1) is 9.56. The minimum absolute atomic E-state index is 0.0244. The number of ether oxygens (including phenoxy) is 1. The van der Waals surface area contributed by atoms with E-state index in [4.69, 9.17) is 4.74 Å². The number of aryl methyl sites for hydroxylation is 1. The zero-order chi connectivity index (χ0) is 14.6. The van der Waals surface area contributed by atoms with E-state index in [1.807, 2.05) is 32.0 Å². The average Bonchev–Trinajstić information content (AvgIpc) is 2.39. The van der Waals surface area contributed by atoms with Crippen LogP contribution in [0.4, 0.5) is 0 Å². The van der Waals surface area contributed by atoms with Gasteiger partial charge in [-0.3, -0.25) is 4.79 Å². The zero-order valence-corrected chi connectivity index (χ0v) is 12.2. The molecule has 1 aliphatic rings. The predicted molar refractivity (Wildman–Crippen MR) is 77.8 cm³/mol. The van der Waals surface area contributed by atoms with Crippen LogP contribution in [0.1, 0.15) is 36.8 Å². The molecule has 1 fully saturated rings. The Balaban J connectivity index is 1.78. The van der Waals surface area contributed by atoms with Gasteiger partial charge in [-0.15, -0.1) is 0 Å². The van der Waals surface area contributed by atoms with Crippen molar-refractivity contribution >= 4 is 5.91 Å². The van der Waals surface area contributed by atoms with Crippen LogP contribution in [0.15, 0.2) is 18.2 Å². The van der Waals surface area contributed by atoms with Crippen molar-refractivity contribution in [1.82, 2.24) is 5.32 Å². The van der Waals surface area contributed by atoms with Crippen molar-refractivity contribution in [2.45, 2.75) is 45.1 Å². The summed E-state index contributed by atoms with van der Waals surface area (Å²) in [6, 6.07) is 5.91. The second-order valence-corrected chi connectivity index (χ2v) is 5.64. The molecule has 2 N–H and O–H groups in total. The Bertz CT molecular complexity index is 475. The summed E-state index contributed by atoms with van der Waals surface area (Å²) in [5.41, 5.74) is 1.93. The summed E-state index contributed by atoms with van der Waals surface area (Å²) in [6.45, 7) is 4.44. The van der Waals surface area contributed by atoms with Gasteiger partial charge in [-0.2, -0.15) is 0 Å². The molecule has 4 nitrogen and oxygen atoms in total. The molecule has 0 radical (unpaired) electrons. The number of rotatable bonds is 6. The molecule has 1 amide bonds. The summed E-state index contributed by atoms with van der Waals surface area (Å²) in [5, 5.41) is 12.2. The van der Waals surface area contributed by atoms with E-state index in [2.05, 4.69) is 5.32 Å². The van der Waals surface area contributed by atoms with Crippen molar-refractivity contribution in [2.24, 2.45) is 0 Å². The molecule has 1 aliphatic carbocycles. The molecule has 1 aromatic rings. The summed E-state index contributed by atoms with van der Waals surface area (Å²) in [6.07, 6.45) is 3.12. The first-order valence-corrected chi connectivity index (χ1v) is 7.17. The van der Waals surface area contributed by atoms with Gasteiger partial charge in [0.1, 0.15) is 5.75 Å². The third-order valence-corrected chi connectivity index (χ3v) is 4.16. The number of aliphatic hydroxyl groups is 1. The van der Waals surface area contributed by atoms with Crippen molar-refractivity contribution in [3.05, 3.63) is 29.3 Å². The van der Waals surface area contributed by atoms with Gasteiger partial charge < -0.3 is 15.2 Å². The SMILES string of the molecule is Cc1cccc(OCCC(=O)NC2(CO)CCC2)c1C. The molecule has 20 heavy (non-hydrogen) atoms. The number of nitrogens with one attached hydrogen (secondary N) is 1. The smallest absolute Gasteiger partial charge is 0.223 e. The van der Waals surface area contributed by atoms with E-state index >= 15 is 0 Å². The Morgan fingerprint density at radius 1 is 1.40 bits per heavy atom. The second-order valence-electron chi connectivity index (χ2n) is 5.64. The number of hydrogen-bond donors (Lipinski definition) is 2. The van der Waals surface area contributed by atoms with Gasteiger partial charge in [0.05, 0.1) is 25.2 Å². The van der Waals surface area contributed by atoms with Crippen molar-refractivity contribution < 1.29 is 14.6 Å². The highest BCUT2D eigenvalue weighted by Gasteiger charge is 2.37. The van der Waals surface area contributed by atoms with E-state index in [-0.39, 0.29) is 18.1 Å². The highest BCUT2D eigenvalue weighted by atomic mass is 16.5. The van der Waals surface area contributed by atoms with E-state index < -0.39 is 0 Å². The largest absolute Gasteiger partial charge is 0.493 e. The lowest BCUT2D eigenvalue weighted by Gasteiger charge is -2.40. The third kappa shape index (κ3) is 3.31. The molecule has 0 aliphatic heterocycles. The first kappa shape index (κ1) is 14.9. The molecule has 0 heterocycles. The molecule has 0 aromatic heterocycles. The Morgan fingerprint density at radius 2 is 2.15 bits per heavy atom. The number of benzene rings is 1. The Morgan fingerprint density at radius 3 is 2.75 bits per heavy atom. The van der Waals surface area contributed by atoms with Crippen molar-refractivity contribution in [2.75, 3.05) is 13.2 Å². The summed E-state index contributed by atoms with van der Waals surface area (Å²) < 4.78 is 5.66. The minimum Gasteiger partial charge on any atom is -0.493 e. The quantitative estimate of drug-likeness (QED) is 0.837. The highest BCUT2D eigenvalue weighted by molar-refractivity contribution is 5.77. The topological polar surface area (TPSA) is 58.6 Å². The summed E-state index contributed by atoms with van der Waals surface area (Å²) in [4.78, 5) is 11.9. The summed E-state index contributed by atoms with van der Waals surface area (Å²) in [5.74, 6) is 0.780. The standard InChI is InChI=1S/C16H23NO3/c1-12-5-3-6-14(13(12)2)20-10-7-15(19)17-16(11-18)8-4-9-16/h3,5-6,18H,4,7-11H2,1-2H3,(H,17,19). The third-order valence-electron chi connectivity index (χ3n) is 4.16. The van der Waals surface area contributed by atoms with E-state index in [9.17, 15) is 9.90 Å². The van der Waals surface area contributed by atoms with E-state index in [1.54, 1.807) is 0 Å². The number of hydrogen-bond acceptors (Lipinski definition) is 3. The molecule has 0 spiro atoms. The fourth-order valence-corrected chi connectivity index (χ4v) is 2.42. The maximum atomic E-state index is 11.9. The lowest BCUT2D eigenvalue weighted by molar-refractivity contribution is -0.125. The summed E-state index contributed by atoms with van der Waals surface area (Å²) >= 11 is 0. The van der Waals surface area contributed by atoms with Gasteiger partial charge in [0.2, 0.25) is 5.91 Å². The van der Waals surface area contributed by atoms with E-state index in [1.165, 1.54) is 5.56 Å². The molecule has 0 atom stereocenters. The minimum atomic E-state index is -0.365. The van der Waals surface area contributed by atoms with Crippen LogP contribution < -0.4 is 10.1 Å². The van der Waals surface area contributed by atoms with Gasteiger partial charge in [0.15, 0.2) is 0 Å². The monoisotopic (exact) mass is 277 g/mol. The van der Waals surface area contributed by atoms with Crippen LogP contribution in [0.2, 0.25) is 0 Å². The molecule has 1 aromatic carbocycles. The highest BCUT2D eigenvalue weighted by Crippen LogP contribution is 2.31. The Kier molecular flexibility index (Phi) is 4.65. The van der Waals surface area contributed by atoms with Gasteiger partial charge in [0, 0.05) is 0 Å². The maximum Gasteiger partial charge on any atom is 0.223 e. The molecular weight excluding hydrogens is 254 g/mol. The van der Waals surface area contributed by atoms with Crippen LogP contribution in [0.3, 0.4) is 0 Å².